The first-order valence-electron chi connectivity index (χ1n) is 3.78. The average molecular weight is 191 g/mol. The van der Waals surface area contributed by atoms with E-state index in [-0.39, 0.29) is 0 Å². The Hall–Kier alpha value is -1.13. The molecule has 1 amide bonds. The van der Waals surface area contributed by atoms with Crippen LogP contribution in [0.2, 0.25) is 0 Å². The third-order valence-electron chi connectivity index (χ3n) is 1.56. The molecular formula is C8H14FNO3. The minimum absolute atomic E-state index is 0.555. The summed E-state index contributed by atoms with van der Waals surface area (Å²) < 4.78 is 17.7. The van der Waals surface area contributed by atoms with Gasteiger partial charge in [0.1, 0.15) is 0 Å². The highest BCUT2D eigenvalue weighted by Crippen LogP contribution is 2.18. The number of rotatable bonds is 3. The van der Waals surface area contributed by atoms with Gasteiger partial charge in [-0.05, 0) is 6.92 Å². The molecule has 0 saturated carbocycles. The van der Waals surface area contributed by atoms with Crippen LogP contribution < -0.4 is 0 Å². The first-order chi connectivity index (χ1) is 5.81. The van der Waals surface area contributed by atoms with Crippen LogP contribution in [0, 0.1) is 0 Å². The third-order valence-corrected chi connectivity index (χ3v) is 1.56. The zero-order valence-electron chi connectivity index (χ0n) is 8.26. The van der Waals surface area contributed by atoms with Crippen molar-refractivity contribution >= 4 is 11.9 Å². The van der Waals surface area contributed by atoms with Crippen molar-refractivity contribution in [2.75, 3.05) is 21.2 Å². The number of alkyl halides is 1. The molecule has 0 aromatic heterocycles. The first-order valence-corrected chi connectivity index (χ1v) is 3.78. The predicted octanol–water partition coefficient (Wildman–Crippen LogP) is 0.366. The highest BCUT2D eigenvalue weighted by Gasteiger charge is 2.37. The van der Waals surface area contributed by atoms with E-state index in [0.717, 1.165) is 18.9 Å². The molecule has 0 heterocycles. The third kappa shape index (κ3) is 3.40. The second-order valence-corrected chi connectivity index (χ2v) is 3.15. The molecule has 1 unspecified atom stereocenters. The van der Waals surface area contributed by atoms with Gasteiger partial charge in [0.25, 0.3) is 5.91 Å². The van der Waals surface area contributed by atoms with Gasteiger partial charge in [0, 0.05) is 14.1 Å². The first kappa shape index (κ1) is 11.9. The number of amides is 1. The van der Waals surface area contributed by atoms with E-state index in [0.29, 0.717) is 0 Å². The highest BCUT2D eigenvalue weighted by atomic mass is 19.1. The van der Waals surface area contributed by atoms with Crippen molar-refractivity contribution in [3.05, 3.63) is 0 Å². The van der Waals surface area contributed by atoms with Gasteiger partial charge in [0.2, 0.25) is 0 Å². The summed E-state index contributed by atoms with van der Waals surface area (Å²) in [5.74, 6) is -1.47. The molecule has 0 N–H and O–H groups in total. The number of carbonyl (C=O) groups excluding carboxylic acids is 2. The second kappa shape index (κ2) is 4.20. The summed E-state index contributed by atoms with van der Waals surface area (Å²) in [6.07, 6.45) is -0.555. The average Bonchev–Trinajstić information content (AvgIpc) is 2.01. The second-order valence-electron chi connectivity index (χ2n) is 3.15. The number of halogens is 1. The Morgan fingerprint density at radius 1 is 1.46 bits per heavy atom. The molecule has 0 aliphatic rings. The molecule has 0 aliphatic heterocycles. The van der Waals surface area contributed by atoms with Crippen LogP contribution in [-0.2, 0) is 14.3 Å². The molecule has 0 radical (unpaired) electrons. The summed E-state index contributed by atoms with van der Waals surface area (Å²) in [7, 11) is 4.01. The van der Waals surface area contributed by atoms with Crippen molar-refractivity contribution in [1.82, 2.24) is 4.90 Å². The summed E-state index contributed by atoms with van der Waals surface area (Å²) in [5, 5.41) is 0. The van der Waals surface area contributed by atoms with Gasteiger partial charge < -0.3 is 9.64 Å². The van der Waals surface area contributed by atoms with Crippen LogP contribution >= 0.6 is 0 Å². The van der Waals surface area contributed by atoms with Crippen molar-refractivity contribution < 1.29 is 18.7 Å². The lowest BCUT2D eigenvalue weighted by molar-refractivity contribution is -0.151. The van der Waals surface area contributed by atoms with E-state index in [1.54, 1.807) is 0 Å². The quantitative estimate of drug-likeness (QED) is 0.605. The summed E-state index contributed by atoms with van der Waals surface area (Å²) in [4.78, 5) is 23.0. The standard InChI is InChI=1S/C8H14FNO3/c1-8(9,5-6(11)13-4)7(12)10(2)3/h5H2,1-4H3. The molecule has 0 aromatic rings. The zero-order valence-corrected chi connectivity index (χ0v) is 8.26. The van der Waals surface area contributed by atoms with Crippen molar-refractivity contribution in [3.8, 4) is 0 Å². The van der Waals surface area contributed by atoms with Crippen LogP contribution in [0.15, 0.2) is 0 Å². The maximum absolute atomic E-state index is 13.5. The molecule has 0 fully saturated rings. The molecular weight excluding hydrogens is 177 g/mol. The highest BCUT2D eigenvalue weighted by molar-refractivity contribution is 5.88. The Bertz CT molecular complexity index is 213. The molecule has 0 aliphatic carbocycles. The Morgan fingerprint density at radius 3 is 2.23 bits per heavy atom. The number of esters is 1. The van der Waals surface area contributed by atoms with E-state index < -0.39 is 24.0 Å². The maximum atomic E-state index is 13.5. The molecule has 1 atom stereocenters. The zero-order chi connectivity index (χ0) is 10.6. The Balaban J connectivity index is 4.39. The van der Waals surface area contributed by atoms with Crippen LogP contribution in [0.4, 0.5) is 4.39 Å². The van der Waals surface area contributed by atoms with E-state index in [2.05, 4.69) is 4.74 Å². The fraction of sp³-hybridized carbons (Fsp3) is 0.750. The molecule has 0 spiro atoms. The summed E-state index contributed by atoms with van der Waals surface area (Å²) in [6.45, 7) is 1.06. The smallest absolute Gasteiger partial charge is 0.309 e. The van der Waals surface area contributed by atoms with Gasteiger partial charge in [0.15, 0.2) is 5.67 Å². The largest absolute Gasteiger partial charge is 0.469 e. The number of hydrogen-bond acceptors (Lipinski definition) is 3. The van der Waals surface area contributed by atoms with Crippen LogP contribution in [0.5, 0.6) is 0 Å². The molecule has 4 nitrogen and oxygen atoms in total. The van der Waals surface area contributed by atoms with Crippen molar-refractivity contribution in [1.29, 1.82) is 0 Å². The lowest BCUT2D eigenvalue weighted by Gasteiger charge is -2.21. The van der Waals surface area contributed by atoms with Crippen LogP contribution in [0.25, 0.3) is 0 Å². The van der Waals surface area contributed by atoms with Crippen molar-refractivity contribution in [3.63, 3.8) is 0 Å². The van der Waals surface area contributed by atoms with Crippen LogP contribution in [-0.4, -0.2) is 43.7 Å². The van der Waals surface area contributed by atoms with Gasteiger partial charge in [-0.15, -0.1) is 0 Å². The lowest BCUT2D eigenvalue weighted by Crippen LogP contribution is -2.42. The topological polar surface area (TPSA) is 46.6 Å². The molecule has 5 heteroatoms. The van der Waals surface area contributed by atoms with E-state index in [1.165, 1.54) is 14.1 Å². The lowest BCUT2D eigenvalue weighted by atomic mass is 10.0. The van der Waals surface area contributed by atoms with Crippen LogP contribution in [0.3, 0.4) is 0 Å². The number of nitrogens with zero attached hydrogens (tertiary/aromatic N) is 1. The molecule has 0 rings (SSSR count). The van der Waals surface area contributed by atoms with E-state index in [4.69, 9.17) is 0 Å². The molecule has 0 saturated heterocycles. The Labute approximate surface area is 76.7 Å². The molecule has 13 heavy (non-hydrogen) atoms. The van der Waals surface area contributed by atoms with Gasteiger partial charge in [-0.2, -0.15) is 0 Å². The van der Waals surface area contributed by atoms with Gasteiger partial charge in [-0.3, -0.25) is 9.59 Å². The van der Waals surface area contributed by atoms with E-state index in [1.807, 2.05) is 0 Å². The van der Waals surface area contributed by atoms with E-state index in [9.17, 15) is 14.0 Å². The Kier molecular flexibility index (Phi) is 3.84. The van der Waals surface area contributed by atoms with Gasteiger partial charge in [-0.1, -0.05) is 0 Å². The number of hydrogen-bond donors (Lipinski definition) is 0. The summed E-state index contributed by atoms with van der Waals surface area (Å²) in [5.41, 5.74) is -2.18. The molecule has 76 valence electrons. The molecule has 0 bridgehead atoms. The van der Waals surface area contributed by atoms with E-state index >= 15 is 0 Å². The summed E-state index contributed by atoms with van der Waals surface area (Å²) >= 11 is 0. The van der Waals surface area contributed by atoms with Gasteiger partial charge in [0.05, 0.1) is 13.5 Å². The van der Waals surface area contributed by atoms with Gasteiger partial charge in [-0.25, -0.2) is 4.39 Å². The SMILES string of the molecule is COC(=O)CC(C)(F)C(=O)N(C)C. The van der Waals surface area contributed by atoms with Crippen molar-refractivity contribution in [2.24, 2.45) is 0 Å². The number of carbonyl (C=O) groups is 2. The fourth-order valence-corrected chi connectivity index (χ4v) is 0.885. The van der Waals surface area contributed by atoms with Crippen molar-refractivity contribution in [2.45, 2.75) is 19.0 Å². The minimum Gasteiger partial charge on any atom is -0.469 e. The minimum atomic E-state index is -2.18. The number of methoxy groups -OCH3 is 1. The normalized spacial score (nSPS) is 14.5. The fourth-order valence-electron chi connectivity index (χ4n) is 0.885. The number of ether oxygens (including phenoxy) is 1. The molecule has 0 aromatic carbocycles. The van der Waals surface area contributed by atoms with Crippen LogP contribution in [0.1, 0.15) is 13.3 Å². The maximum Gasteiger partial charge on any atom is 0.309 e. The predicted molar refractivity (Wildman–Crippen MR) is 44.8 cm³/mol. The Morgan fingerprint density at radius 2 is 1.92 bits per heavy atom. The van der Waals surface area contributed by atoms with Gasteiger partial charge >= 0.3 is 5.97 Å². The monoisotopic (exact) mass is 191 g/mol. The summed E-state index contributed by atoms with van der Waals surface area (Å²) in [6, 6.07) is 0.